The monoisotopic (exact) mass is 464 g/mol. The third-order valence-electron chi connectivity index (χ3n) is 6.66. The van der Waals surface area contributed by atoms with Gasteiger partial charge in [0.25, 0.3) is 0 Å². The van der Waals surface area contributed by atoms with Crippen molar-refractivity contribution in [2.45, 2.75) is 58.8 Å². The first kappa shape index (κ1) is 24.6. The van der Waals surface area contributed by atoms with Crippen molar-refractivity contribution >= 4 is 0 Å². The van der Waals surface area contributed by atoms with Crippen molar-refractivity contribution in [2.75, 3.05) is 0 Å². The first-order valence-corrected chi connectivity index (χ1v) is 12.3. The van der Waals surface area contributed by atoms with Crippen LogP contribution in [-0.4, -0.2) is 10.2 Å². The minimum absolute atomic E-state index is 0.0868. The first-order valence-electron chi connectivity index (χ1n) is 12.3. The molecule has 0 unspecified atom stereocenters. The molecule has 0 amide bonds. The molecule has 0 aliphatic heterocycles. The SMILES string of the molecule is CC(C)(C)c1cc(Cc2cc(C(C)(C)C)cc(-c3ccccc3)c2O)c(O)c(-c2ccccc2)c1. The van der Waals surface area contributed by atoms with E-state index in [0.717, 1.165) is 44.5 Å². The molecule has 0 bridgehead atoms. The van der Waals surface area contributed by atoms with Crippen LogP contribution in [0.5, 0.6) is 11.5 Å². The maximum absolute atomic E-state index is 11.4. The maximum Gasteiger partial charge on any atom is 0.126 e. The van der Waals surface area contributed by atoms with E-state index in [1.54, 1.807) is 0 Å². The van der Waals surface area contributed by atoms with E-state index in [1.807, 2.05) is 60.7 Å². The van der Waals surface area contributed by atoms with Crippen molar-refractivity contribution in [3.63, 3.8) is 0 Å². The zero-order valence-corrected chi connectivity index (χ0v) is 21.7. The van der Waals surface area contributed by atoms with Gasteiger partial charge < -0.3 is 10.2 Å². The maximum atomic E-state index is 11.4. The highest BCUT2D eigenvalue weighted by Crippen LogP contribution is 2.42. The standard InChI is InChI=1S/C33H36O2/c1-32(2,3)26-18-24(30(34)28(20-26)22-13-9-7-10-14-22)17-25-19-27(33(4,5)6)21-29(31(25)35)23-15-11-8-12-16-23/h7-16,18-21,34-35H,17H2,1-6H3. The third-order valence-corrected chi connectivity index (χ3v) is 6.66. The van der Waals surface area contributed by atoms with Crippen LogP contribution in [0.2, 0.25) is 0 Å². The number of phenolic OH excluding ortho intramolecular Hbond substituents is 2. The number of aromatic hydroxyl groups is 2. The predicted molar refractivity (Wildman–Crippen MR) is 147 cm³/mol. The van der Waals surface area contributed by atoms with Gasteiger partial charge in [0.15, 0.2) is 0 Å². The van der Waals surface area contributed by atoms with Crippen molar-refractivity contribution < 1.29 is 10.2 Å². The molecule has 0 aliphatic carbocycles. The second-order valence-corrected chi connectivity index (χ2v) is 11.5. The third kappa shape index (κ3) is 5.27. The Morgan fingerprint density at radius 3 is 1.17 bits per heavy atom. The number of rotatable bonds is 4. The highest BCUT2D eigenvalue weighted by atomic mass is 16.3. The summed E-state index contributed by atoms with van der Waals surface area (Å²) in [6.45, 7) is 13.1. The lowest BCUT2D eigenvalue weighted by molar-refractivity contribution is 0.463. The zero-order valence-electron chi connectivity index (χ0n) is 21.7. The largest absolute Gasteiger partial charge is 0.507 e. The van der Waals surface area contributed by atoms with Gasteiger partial charge in [-0.25, -0.2) is 0 Å². The summed E-state index contributed by atoms with van der Waals surface area (Å²) in [7, 11) is 0. The van der Waals surface area contributed by atoms with E-state index in [-0.39, 0.29) is 22.3 Å². The molecule has 0 aromatic heterocycles. The number of hydrogen-bond acceptors (Lipinski definition) is 2. The summed E-state index contributed by atoms with van der Waals surface area (Å²) in [6, 6.07) is 28.4. The van der Waals surface area contributed by atoms with Gasteiger partial charge in [-0.1, -0.05) is 114 Å². The minimum atomic E-state index is -0.0868. The van der Waals surface area contributed by atoms with Gasteiger partial charge in [0.1, 0.15) is 11.5 Å². The molecule has 0 aliphatic rings. The molecule has 0 heterocycles. The van der Waals surface area contributed by atoms with E-state index in [9.17, 15) is 10.2 Å². The average molecular weight is 465 g/mol. The Morgan fingerprint density at radius 2 is 0.857 bits per heavy atom. The molecule has 4 aromatic carbocycles. The topological polar surface area (TPSA) is 40.5 Å². The van der Waals surface area contributed by atoms with Gasteiger partial charge in [0.2, 0.25) is 0 Å². The molecule has 0 saturated carbocycles. The number of benzene rings is 4. The van der Waals surface area contributed by atoms with Crippen LogP contribution in [0.4, 0.5) is 0 Å². The Kier molecular flexibility index (Phi) is 6.51. The summed E-state index contributed by atoms with van der Waals surface area (Å²) in [5.41, 5.74) is 7.37. The molecular weight excluding hydrogens is 428 g/mol. The number of hydrogen-bond donors (Lipinski definition) is 2. The molecule has 0 saturated heterocycles. The van der Waals surface area contributed by atoms with E-state index in [1.165, 1.54) is 0 Å². The van der Waals surface area contributed by atoms with Crippen LogP contribution in [0.3, 0.4) is 0 Å². The van der Waals surface area contributed by atoms with E-state index < -0.39 is 0 Å². The Morgan fingerprint density at radius 1 is 0.514 bits per heavy atom. The highest BCUT2D eigenvalue weighted by molar-refractivity contribution is 5.76. The molecule has 0 atom stereocenters. The lowest BCUT2D eigenvalue weighted by Gasteiger charge is -2.24. The Hall–Kier alpha value is -3.52. The van der Waals surface area contributed by atoms with Crippen LogP contribution in [0.15, 0.2) is 84.9 Å². The van der Waals surface area contributed by atoms with Crippen molar-refractivity contribution in [3.8, 4) is 33.8 Å². The summed E-state index contributed by atoms with van der Waals surface area (Å²) in [5, 5.41) is 22.8. The molecule has 0 radical (unpaired) electrons. The van der Waals surface area contributed by atoms with Crippen LogP contribution >= 0.6 is 0 Å². The molecular formula is C33H36O2. The Bertz CT molecular complexity index is 1220. The number of phenols is 2. The summed E-state index contributed by atoms with van der Waals surface area (Å²) < 4.78 is 0. The summed E-state index contributed by atoms with van der Waals surface area (Å²) in [6.07, 6.45) is 0.436. The van der Waals surface area contributed by atoms with Gasteiger partial charge in [0, 0.05) is 17.5 Å². The second kappa shape index (κ2) is 9.26. The lowest BCUT2D eigenvalue weighted by atomic mass is 9.81. The quantitative estimate of drug-likeness (QED) is 0.317. The van der Waals surface area contributed by atoms with Crippen LogP contribution in [0.1, 0.15) is 63.8 Å². The predicted octanol–water partition coefficient (Wildman–Crippen LogP) is 8.62. The molecule has 4 rings (SSSR count). The van der Waals surface area contributed by atoms with Crippen molar-refractivity contribution in [1.29, 1.82) is 0 Å². The van der Waals surface area contributed by atoms with E-state index in [2.05, 4.69) is 65.8 Å². The van der Waals surface area contributed by atoms with Crippen LogP contribution < -0.4 is 0 Å². The fraction of sp³-hybridized carbons (Fsp3) is 0.273. The van der Waals surface area contributed by atoms with Gasteiger partial charge in [-0.05, 0) is 56.3 Å². The average Bonchev–Trinajstić information content (AvgIpc) is 2.81. The van der Waals surface area contributed by atoms with Crippen molar-refractivity contribution in [2.24, 2.45) is 0 Å². The van der Waals surface area contributed by atoms with Gasteiger partial charge >= 0.3 is 0 Å². The van der Waals surface area contributed by atoms with Gasteiger partial charge in [0.05, 0.1) is 0 Å². The molecule has 2 nitrogen and oxygen atoms in total. The lowest BCUT2D eigenvalue weighted by Crippen LogP contribution is -2.13. The van der Waals surface area contributed by atoms with Crippen LogP contribution in [0, 0.1) is 0 Å². The zero-order chi connectivity index (χ0) is 25.4. The molecule has 2 N–H and O–H groups in total. The molecule has 0 fully saturated rings. The summed E-state index contributed by atoms with van der Waals surface area (Å²) in [5.74, 6) is 0.539. The fourth-order valence-electron chi connectivity index (χ4n) is 4.41. The van der Waals surface area contributed by atoms with Crippen molar-refractivity contribution in [1.82, 2.24) is 0 Å². The molecule has 180 valence electrons. The van der Waals surface area contributed by atoms with Gasteiger partial charge in [-0.15, -0.1) is 0 Å². The molecule has 2 heteroatoms. The molecule has 0 spiro atoms. The normalized spacial score (nSPS) is 12.1. The Balaban J connectivity index is 1.91. The highest BCUT2D eigenvalue weighted by Gasteiger charge is 2.23. The summed E-state index contributed by atoms with van der Waals surface area (Å²) in [4.78, 5) is 0. The molecule has 4 aromatic rings. The minimum Gasteiger partial charge on any atom is -0.507 e. The van der Waals surface area contributed by atoms with E-state index in [0.29, 0.717) is 6.42 Å². The summed E-state index contributed by atoms with van der Waals surface area (Å²) >= 11 is 0. The van der Waals surface area contributed by atoms with E-state index in [4.69, 9.17) is 0 Å². The fourth-order valence-corrected chi connectivity index (χ4v) is 4.41. The van der Waals surface area contributed by atoms with Crippen LogP contribution in [-0.2, 0) is 17.3 Å². The van der Waals surface area contributed by atoms with Crippen molar-refractivity contribution in [3.05, 3.63) is 107 Å². The first-order chi connectivity index (χ1) is 16.4. The smallest absolute Gasteiger partial charge is 0.126 e. The Labute approximate surface area is 209 Å². The van der Waals surface area contributed by atoms with Gasteiger partial charge in [-0.3, -0.25) is 0 Å². The second-order valence-electron chi connectivity index (χ2n) is 11.5. The van der Waals surface area contributed by atoms with Crippen LogP contribution in [0.25, 0.3) is 22.3 Å². The molecule has 35 heavy (non-hydrogen) atoms. The van der Waals surface area contributed by atoms with Gasteiger partial charge in [-0.2, -0.15) is 0 Å². The van der Waals surface area contributed by atoms with E-state index >= 15 is 0 Å².